The van der Waals surface area contributed by atoms with E-state index in [1.54, 1.807) is 6.08 Å². The third kappa shape index (κ3) is 4.61. The molecule has 0 amide bonds. The second kappa shape index (κ2) is 8.00. The summed E-state index contributed by atoms with van der Waals surface area (Å²) >= 11 is 1.47. The maximum absolute atomic E-state index is 10.0. The lowest BCUT2D eigenvalue weighted by atomic mass is 10.2. The maximum Gasteiger partial charge on any atom is 0.191 e. The third-order valence-electron chi connectivity index (χ3n) is 3.08. The molecule has 0 aliphatic carbocycles. The first-order valence-electron chi connectivity index (χ1n) is 7.11. The lowest BCUT2D eigenvalue weighted by Crippen LogP contribution is -2.20. The summed E-state index contributed by atoms with van der Waals surface area (Å²) in [6, 6.07) is 7.77. The number of allylic oxidation sites excluding steroid dienone is 1. The quantitative estimate of drug-likeness (QED) is 0.599. The Hall–Kier alpha value is -1.79. The van der Waals surface area contributed by atoms with E-state index in [9.17, 15) is 5.11 Å². The average Bonchev–Trinajstić information content (AvgIpc) is 2.86. The van der Waals surface area contributed by atoms with E-state index < -0.39 is 6.10 Å². The highest BCUT2D eigenvalue weighted by atomic mass is 32.2. The molecule has 0 bridgehead atoms. The standard InChI is InChI=1S/C16H21N3O2S/c1-4-9-19-13(3)17-18-16(19)22-11-14(20)10-21-15-7-5-12(2)6-8-15/h4-8,14,20H,1,9-11H2,2-3H3. The Morgan fingerprint density at radius 3 is 2.73 bits per heavy atom. The molecule has 6 heteroatoms. The molecule has 0 spiro atoms. The number of aliphatic hydroxyl groups excluding tert-OH is 1. The van der Waals surface area contributed by atoms with E-state index in [2.05, 4.69) is 16.8 Å². The molecule has 1 aromatic heterocycles. The Labute approximate surface area is 135 Å². The highest BCUT2D eigenvalue weighted by Gasteiger charge is 2.12. The predicted molar refractivity (Wildman–Crippen MR) is 88.4 cm³/mol. The van der Waals surface area contributed by atoms with E-state index in [0.29, 0.717) is 12.3 Å². The fourth-order valence-electron chi connectivity index (χ4n) is 1.85. The van der Waals surface area contributed by atoms with Crippen LogP contribution in [-0.4, -0.2) is 38.3 Å². The van der Waals surface area contributed by atoms with Crippen molar-refractivity contribution < 1.29 is 9.84 Å². The van der Waals surface area contributed by atoms with Crippen molar-refractivity contribution in [2.45, 2.75) is 31.7 Å². The van der Waals surface area contributed by atoms with E-state index in [4.69, 9.17) is 4.74 Å². The van der Waals surface area contributed by atoms with Crippen LogP contribution in [0, 0.1) is 13.8 Å². The molecule has 0 fully saturated rings. The Balaban J connectivity index is 1.81. The lowest BCUT2D eigenvalue weighted by molar-refractivity contribution is 0.126. The molecule has 1 unspecified atom stereocenters. The molecule has 0 radical (unpaired) electrons. The molecular weight excluding hydrogens is 298 g/mol. The summed E-state index contributed by atoms with van der Waals surface area (Å²) in [5, 5.41) is 19.0. The fourth-order valence-corrected chi connectivity index (χ4v) is 2.75. The molecule has 118 valence electrons. The summed E-state index contributed by atoms with van der Waals surface area (Å²) in [5.74, 6) is 2.11. The molecular formula is C16H21N3O2S. The van der Waals surface area contributed by atoms with Gasteiger partial charge in [-0.25, -0.2) is 0 Å². The lowest BCUT2D eigenvalue weighted by Gasteiger charge is -2.12. The monoisotopic (exact) mass is 319 g/mol. The minimum absolute atomic E-state index is 0.255. The highest BCUT2D eigenvalue weighted by molar-refractivity contribution is 7.99. The predicted octanol–water partition coefficient (Wildman–Crippen LogP) is 2.61. The van der Waals surface area contributed by atoms with Gasteiger partial charge in [0.15, 0.2) is 5.16 Å². The minimum Gasteiger partial charge on any atom is -0.491 e. The molecule has 0 aliphatic heterocycles. The Morgan fingerprint density at radius 2 is 2.05 bits per heavy atom. The second-order valence-electron chi connectivity index (χ2n) is 5.02. The van der Waals surface area contributed by atoms with Gasteiger partial charge in [-0.2, -0.15) is 0 Å². The average molecular weight is 319 g/mol. The molecule has 0 aliphatic rings. The van der Waals surface area contributed by atoms with Gasteiger partial charge >= 0.3 is 0 Å². The fraction of sp³-hybridized carbons (Fsp3) is 0.375. The van der Waals surface area contributed by atoms with Crippen molar-refractivity contribution in [3.63, 3.8) is 0 Å². The van der Waals surface area contributed by atoms with Crippen molar-refractivity contribution in [3.8, 4) is 5.75 Å². The van der Waals surface area contributed by atoms with Gasteiger partial charge < -0.3 is 14.4 Å². The number of hydrogen-bond donors (Lipinski definition) is 1. The van der Waals surface area contributed by atoms with Crippen LogP contribution < -0.4 is 4.74 Å². The molecule has 0 saturated carbocycles. The van der Waals surface area contributed by atoms with Gasteiger partial charge in [0.05, 0.1) is 6.10 Å². The number of thioether (sulfide) groups is 1. The highest BCUT2D eigenvalue weighted by Crippen LogP contribution is 2.18. The number of hydrogen-bond acceptors (Lipinski definition) is 5. The molecule has 5 nitrogen and oxygen atoms in total. The van der Waals surface area contributed by atoms with E-state index in [-0.39, 0.29) is 6.61 Å². The number of aliphatic hydroxyl groups is 1. The van der Waals surface area contributed by atoms with E-state index in [1.807, 2.05) is 42.7 Å². The molecule has 0 saturated heterocycles. The zero-order chi connectivity index (χ0) is 15.9. The van der Waals surface area contributed by atoms with Gasteiger partial charge in [-0.05, 0) is 26.0 Å². The van der Waals surface area contributed by atoms with E-state index in [1.165, 1.54) is 17.3 Å². The van der Waals surface area contributed by atoms with Crippen molar-refractivity contribution in [1.82, 2.24) is 14.8 Å². The van der Waals surface area contributed by atoms with Crippen LogP contribution in [0.1, 0.15) is 11.4 Å². The summed E-state index contributed by atoms with van der Waals surface area (Å²) in [6.07, 6.45) is 1.23. The van der Waals surface area contributed by atoms with Gasteiger partial charge in [0.1, 0.15) is 18.2 Å². The SMILES string of the molecule is C=CCn1c(C)nnc1SCC(O)COc1ccc(C)cc1. The van der Waals surface area contributed by atoms with Crippen molar-refractivity contribution >= 4 is 11.8 Å². The number of aryl methyl sites for hydroxylation is 2. The van der Waals surface area contributed by atoms with Gasteiger partial charge in [0.25, 0.3) is 0 Å². The van der Waals surface area contributed by atoms with Crippen LogP contribution in [0.4, 0.5) is 0 Å². The number of aromatic nitrogens is 3. The normalized spacial score (nSPS) is 12.1. The van der Waals surface area contributed by atoms with Gasteiger partial charge in [-0.1, -0.05) is 35.5 Å². The first-order chi connectivity index (χ1) is 10.6. The van der Waals surface area contributed by atoms with Gasteiger partial charge in [0, 0.05) is 12.3 Å². The van der Waals surface area contributed by atoms with Crippen LogP contribution in [0.3, 0.4) is 0 Å². The zero-order valence-corrected chi connectivity index (χ0v) is 13.7. The second-order valence-corrected chi connectivity index (χ2v) is 6.01. The molecule has 2 aromatic rings. The van der Waals surface area contributed by atoms with Crippen molar-refractivity contribution in [2.75, 3.05) is 12.4 Å². The molecule has 1 atom stereocenters. The number of ether oxygens (including phenoxy) is 1. The Bertz CT molecular complexity index is 610. The minimum atomic E-state index is -0.569. The largest absolute Gasteiger partial charge is 0.491 e. The van der Waals surface area contributed by atoms with Gasteiger partial charge in [0.2, 0.25) is 0 Å². The van der Waals surface area contributed by atoms with Crippen molar-refractivity contribution in [2.24, 2.45) is 0 Å². The van der Waals surface area contributed by atoms with E-state index >= 15 is 0 Å². The maximum atomic E-state index is 10.0. The molecule has 22 heavy (non-hydrogen) atoms. The number of nitrogens with zero attached hydrogens (tertiary/aromatic N) is 3. The van der Waals surface area contributed by atoms with Gasteiger partial charge in [-0.3, -0.25) is 0 Å². The molecule has 2 rings (SSSR count). The summed E-state index contributed by atoms with van der Waals surface area (Å²) in [7, 11) is 0. The van der Waals surface area contributed by atoms with E-state index in [0.717, 1.165) is 16.7 Å². The van der Waals surface area contributed by atoms with Crippen LogP contribution >= 0.6 is 11.8 Å². The third-order valence-corrected chi connectivity index (χ3v) is 4.19. The molecule has 1 N–H and O–H groups in total. The van der Waals surface area contributed by atoms with Crippen LogP contribution in [0.25, 0.3) is 0 Å². The van der Waals surface area contributed by atoms with Gasteiger partial charge in [-0.15, -0.1) is 16.8 Å². The first-order valence-corrected chi connectivity index (χ1v) is 8.09. The van der Waals surface area contributed by atoms with Crippen LogP contribution in [0.5, 0.6) is 5.75 Å². The number of rotatable bonds is 8. The number of benzene rings is 1. The smallest absolute Gasteiger partial charge is 0.191 e. The summed E-state index contributed by atoms with van der Waals surface area (Å²) in [6.45, 7) is 8.57. The van der Waals surface area contributed by atoms with Crippen LogP contribution in [0.15, 0.2) is 42.1 Å². The Morgan fingerprint density at radius 1 is 1.32 bits per heavy atom. The first kappa shape index (κ1) is 16.6. The summed E-state index contributed by atoms with van der Waals surface area (Å²) < 4.78 is 7.54. The summed E-state index contributed by atoms with van der Waals surface area (Å²) in [5.41, 5.74) is 1.18. The summed E-state index contributed by atoms with van der Waals surface area (Å²) in [4.78, 5) is 0. The zero-order valence-electron chi connectivity index (χ0n) is 12.9. The van der Waals surface area contributed by atoms with Crippen molar-refractivity contribution in [3.05, 3.63) is 48.3 Å². The molecule has 1 aromatic carbocycles. The molecule has 1 heterocycles. The Kier molecular flexibility index (Phi) is 6.03. The van der Waals surface area contributed by atoms with Crippen LogP contribution in [-0.2, 0) is 6.54 Å². The van der Waals surface area contributed by atoms with Crippen LogP contribution in [0.2, 0.25) is 0 Å². The van der Waals surface area contributed by atoms with Crippen molar-refractivity contribution in [1.29, 1.82) is 0 Å². The topological polar surface area (TPSA) is 60.2 Å².